The van der Waals surface area contributed by atoms with Crippen molar-refractivity contribution in [2.75, 3.05) is 17.9 Å². The van der Waals surface area contributed by atoms with E-state index < -0.39 is 48.4 Å². The number of hydrogen-bond donors (Lipinski definition) is 1. The van der Waals surface area contributed by atoms with E-state index in [0.29, 0.717) is 4.31 Å². The Morgan fingerprint density at radius 3 is 1.87 bits per heavy atom. The summed E-state index contributed by atoms with van der Waals surface area (Å²) in [6.07, 6.45) is -10.4. The van der Waals surface area contributed by atoms with Crippen molar-refractivity contribution >= 4 is 25.7 Å². The molecule has 6 nitrogen and oxygen atoms in total. The number of nitrogens with zero attached hydrogens (tertiary/aromatic N) is 1. The summed E-state index contributed by atoms with van der Waals surface area (Å²) in [6, 6.07) is 3.55. The summed E-state index contributed by atoms with van der Waals surface area (Å²) in [6.45, 7) is -0.279. The molecule has 0 spiro atoms. The van der Waals surface area contributed by atoms with Gasteiger partial charge >= 0.3 is 12.4 Å². The van der Waals surface area contributed by atoms with Crippen LogP contribution in [-0.2, 0) is 38.8 Å². The van der Waals surface area contributed by atoms with E-state index in [1.54, 1.807) is 0 Å². The van der Waals surface area contributed by atoms with Crippen LogP contribution >= 0.6 is 0 Å². The molecule has 0 bridgehead atoms. The smallest absolute Gasteiger partial charge is 0.266 e. The molecule has 14 heteroatoms. The molecule has 170 valence electrons. The average Bonchev–Trinajstić information content (AvgIpc) is 3.10. The van der Waals surface area contributed by atoms with Gasteiger partial charge in [0.2, 0.25) is 10.0 Å². The predicted molar refractivity (Wildman–Crippen MR) is 97.4 cm³/mol. The number of anilines is 1. The maximum atomic E-state index is 13.1. The summed E-state index contributed by atoms with van der Waals surface area (Å²) in [4.78, 5) is -1.33. The van der Waals surface area contributed by atoms with Crippen LogP contribution < -0.4 is 9.03 Å². The number of benzene rings is 2. The van der Waals surface area contributed by atoms with E-state index in [1.807, 2.05) is 0 Å². The maximum absolute atomic E-state index is 13.1. The van der Waals surface area contributed by atoms with Crippen LogP contribution in [0.15, 0.2) is 46.2 Å². The highest BCUT2D eigenvalue weighted by molar-refractivity contribution is 7.92. The van der Waals surface area contributed by atoms with Gasteiger partial charge in [0.15, 0.2) is 0 Å². The molecule has 0 atom stereocenters. The van der Waals surface area contributed by atoms with E-state index in [9.17, 15) is 43.2 Å². The second-order valence-electron chi connectivity index (χ2n) is 6.57. The number of sulfonamides is 2. The Morgan fingerprint density at radius 1 is 0.839 bits per heavy atom. The second-order valence-corrected chi connectivity index (χ2v) is 10.3. The van der Waals surface area contributed by atoms with Crippen LogP contribution in [0.4, 0.5) is 32.0 Å². The van der Waals surface area contributed by atoms with Crippen molar-refractivity contribution in [2.24, 2.45) is 0 Å². The van der Waals surface area contributed by atoms with Crippen LogP contribution in [0.1, 0.15) is 16.7 Å². The predicted octanol–water partition coefficient (Wildman–Crippen LogP) is 3.38. The largest absolute Gasteiger partial charge is 0.416 e. The normalized spacial score (nSPS) is 15.3. The Labute approximate surface area is 173 Å². The molecule has 1 aliphatic rings. The van der Waals surface area contributed by atoms with Gasteiger partial charge in [0.25, 0.3) is 10.0 Å². The van der Waals surface area contributed by atoms with Crippen molar-refractivity contribution in [3.8, 4) is 0 Å². The maximum Gasteiger partial charge on any atom is 0.416 e. The lowest BCUT2D eigenvalue weighted by Gasteiger charge is -2.21. The first kappa shape index (κ1) is 23.3. The Balaban J connectivity index is 2.13. The molecule has 0 saturated heterocycles. The van der Waals surface area contributed by atoms with Crippen LogP contribution in [0.3, 0.4) is 0 Å². The number of alkyl halides is 6. The van der Waals surface area contributed by atoms with E-state index >= 15 is 0 Å². The number of nitrogens with one attached hydrogen (secondary N) is 1. The minimum atomic E-state index is -5.20. The molecule has 2 aromatic carbocycles. The third-order valence-corrected chi connectivity index (χ3v) is 7.84. The van der Waals surface area contributed by atoms with E-state index in [2.05, 4.69) is 4.72 Å². The van der Waals surface area contributed by atoms with Gasteiger partial charge in [-0.05, 0) is 55.4 Å². The minimum absolute atomic E-state index is 0.0206. The SMILES string of the molecule is CNS(=O)(=O)c1ccc2c(c1)CCN2S(=O)(=O)c1cc(C(F)(F)F)cc(C(F)(F)F)c1. The molecule has 1 heterocycles. The topological polar surface area (TPSA) is 83.6 Å². The summed E-state index contributed by atoms with van der Waals surface area (Å²) >= 11 is 0. The summed E-state index contributed by atoms with van der Waals surface area (Å²) in [5.74, 6) is 0. The zero-order chi connectivity index (χ0) is 23.4. The Bertz CT molecular complexity index is 1210. The van der Waals surface area contributed by atoms with Gasteiger partial charge in [-0.2, -0.15) is 26.3 Å². The van der Waals surface area contributed by atoms with E-state index in [4.69, 9.17) is 0 Å². The third kappa shape index (κ3) is 4.36. The Kier molecular flexibility index (Phi) is 5.56. The van der Waals surface area contributed by atoms with Gasteiger partial charge in [-0.1, -0.05) is 0 Å². The van der Waals surface area contributed by atoms with Crippen molar-refractivity contribution in [2.45, 2.75) is 28.6 Å². The molecule has 1 aliphatic heterocycles. The third-order valence-electron chi connectivity index (χ3n) is 4.63. The van der Waals surface area contributed by atoms with Crippen LogP contribution in [0, 0.1) is 0 Å². The van der Waals surface area contributed by atoms with Crippen LogP contribution in [0.5, 0.6) is 0 Å². The van der Waals surface area contributed by atoms with Gasteiger partial charge in [0, 0.05) is 6.54 Å². The molecule has 0 unspecified atom stereocenters. The van der Waals surface area contributed by atoms with Gasteiger partial charge < -0.3 is 0 Å². The minimum Gasteiger partial charge on any atom is -0.266 e. The van der Waals surface area contributed by atoms with E-state index in [0.717, 1.165) is 12.1 Å². The molecule has 2 aromatic rings. The fourth-order valence-electron chi connectivity index (χ4n) is 3.09. The number of halogens is 6. The summed E-state index contributed by atoms with van der Waals surface area (Å²) in [5.41, 5.74) is -3.27. The number of hydrogen-bond acceptors (Lipinski definition) is 4. The molecule has 0 amide bonds. The fourth-order valence-corrected chi connectivity index (χ4v) is 5.44. The van der Waals surface area contributed by atoms with E-state index in [1.165, 1.54) is 13.1 Å². The molecular formula is C17H14F6N2O4S2. The first-order chi connectivity index (χ1) is 14.1. The molecule has 31 heavy (non-hydrogen) atoms. The van der Waals surface area contributed by atoms with Crippen molar-refractivity contribution in [1.82, 2.24) is 4.72 Å². The molecule has 0 saturated carbocycles. The standard InChI is InChI=1S/C17H14F6N2O4S2/c1-24-30(26,27)13-2-3-15-10(6-13)4-5-25(15)31(28,29)14-8-11(16(18,19)20)7-12(9-14)17(21,22)23/h2-3,6-9,24H,4-5H2,1H3. The Morgan fingerprint density at radius 2 is 1.39 bits per heavy atom. The van der Waals surface area contributed by atoms with Crippen LogP contribution in [0.25, 0.3) is 0 Å². The van der Waals surface area contributed by atoms with Crippen molar-refractivity contribution in [3.05, 3.63) is 53.1 Å². The highest BCUT2D eigenvalue weighted by Gasteiger charge is 2.40. The lowest BCUT2D eigenvalue weighted by atomic mass is 10.1. The van der Waals surface area contributed by atoms with Gasteiger partial charge in [-0.15, -0.1) is 0 Å². The molecule has 0 aromatic heterocycles. The molecule has 0 fully saturated rings. The van der Waals surface area contributed by atoms with Crippen LogP contribution in [-0.4, -0.2) is 30.4 Å². The number of fused-ring (bicyclic) bond motifs is 1. The lowest BCUT2D eigenvalue weighted by Crippen LogP contribution is -2.29. The molecule has 1 N–H and O–H groups in total. The van der Waals surface area contributed by atoms with Gasteiger partial charge in [-0.25, -0.2) is 21.6 Å². The summed E-state index contributed by atoms with van der Waals surface area (Å²) in [7, 11) is -7.47. The van der Waals surface area contributed by atoms with Crippen molar-refractivity contribution in [3.63, 3.8) is 0 Å². The van der Waals surface area contributed by atoms with E-state index in [-0.39, 0.29) is 47.3 Å². The fraction of sp³-hybridized carbons (Fsp3) is 0.294. The van der Waals surface area contributed by atoms with Gasteiger partial charge in [-0.3, -0.25) is 4.31 Å². The first-order valence-corrected chi connectivity index (χ1v) is 11.4. The summed E-state index contributed by atoms with van der Waals surface area (Å²) < 4.78 is 131. The van der Waals surface area contributed by atoms with Crippen molar-refractivity contribution in [1.29, 1.82) is 0 Å². The second kappa shape index (κ2) is 7.38. The highest BCUT2D eigenvalue weighted by Crippen LogP contribution is 2.40. The zero-order valence-corrected chi connectivity index (χ0v) is 17.2. The molecule has 0 radical (unpaired) electrons. The quantitative estimate of drug-likeness (QED) is 0.669. The molecule has 3 rings (SSSR count). The molecular weight excluding hydrogens is 474 g/mol. The Hall–Kier alpha value is -2.32. The lowest BCUT2D eigenvalue weighted by molar-refractivity contribution is -0.143. The average molecular weight is 488 g/mol. The van der Waals surface area contributed by atoms with Crippen LogP contribution in [0.2, 0.25) is 0 Å². The monoisotopic (exact) mass is 488 g/mol. The summed E-state index contributed by atoms with van der Waals surface area (Å²) in [5, 5.41) is 0. The molecule has 0 aliphatic carbocycles. The first-order valence-electron chi connectivity index (χ1n) is 8.46. The number of rotatable bonds is 4. The highest BCUT2D eigenvalue weighted by atomic mass is 32.2. The van der Waals surface area contributed by atoms with Gasteiger partial charge in [0.1, 0.15) is 0 Å². The van der Waals surface area contributed by atoms with Gasteiger partial charge in [0.05, 0.1) is 26.6 Å². The van der Waals surface area contributed by atoms with Crippen molar-refractivity contribution < 1.29 is 43.2 Å². The zero-order valence-electron chi connectivity index (χ0n) is 15.5.